The molecule has 8 nitrogen and oxygen atoms in total. The van der Waals surface area contributed by atoms with Gasteiger partial charge in [0.15, 0.2) is 5.82 Å². The van der Waals surface area contributed by atoms with Crippen LogP contribution in [0, 0.1) is 6.92 Å². The first kappa shape index (κ1) is 16.1. The molecule has 1 aromatic heterocycles. The summed E-state index contributed by atoms with van der Waals surface area (Å²) in [5.74, 6) is -0.221. The van der Waals surface area contributed by atoms with Gasteiger partial charge in [-0.3, -0.25) is 14.5 Å². The van der Waals surface area contributed by atoms with Crippen molar-refractivity contribution in [1.29, 1.82) is 0 Å². The minimum absolute atomic E-state index is 0.125. The van der Waals surface area contributed by atoms with E-state index in [9.17, 15) is 9.59 Å². The van der Waals surface area contributed by atoms with E-state index >= 15 is 0 Å². The number of hydrogen-bond acceptors (Lipinski definition) is 6. The third kappa shape index (κ3) is 6.30. The number of methoxy groups -OCH3 is 1. The lowest BCUT2D eigenvalue weighted by molar-refractivity contribution is -0.138. The molecule has 0 saturated heterocycles. The molecule has 0 aromatic carbocycles. The molecule has 8 heteroatoms. The number of nitrogens with one attached hydrogen (secondary N) is 1. The van der Waals surface area contributed by atoms with Crippen LogP contribution in [-0.4, -0.2) is 60.4 Å². The third-order valence-corrected chi connectivity index (χ3v) is 2.52. The second kappa shape index (κ2) is 8.28. The van der Waals surface area contributed by atoms with Crippen LogP contribution in [0.15, 0.2) is 10.6 Å². The van der Waals surface area contributed by atoms with E-state index < -0.39 is 5.97 Å². The highest BCUT2D eigenvalue weighted by molar-refractivity contribution is 5.89. The fourth-order valence-electron chi connectivity index (χ4n) is 1.57. The van der Waals surface area contributed by atoms with Crippen molar-refractivity contribution in [3.8, 4) is 0 Å². The van der Waals surface area contributed by atoms with Crippen LogP contribution in [0.5, 0.6) is 0 Å². The highest BCUT2D eigenvalue weighted by Gasteiger charge is 2.12. The van der Waals surface area contributed by atoms with Crippen LogP contribution < -0.4 is 5.32 Å². The monoisotopic (exact) mass is 285 g/mol. The van der Waals surface area contributed by atoms with Crippen molar-refractivity contribution in [3.05, 3.63) is 11.8 Å². The van der Waals surface area contributed by atoms with Gasteiger partial charge in [0.05, 0.1) is 13.2 Å². The van der Waals surface area contributed by atoms with Crippen molar-refractivity contribution < 1.29 is 24.0 Å². The number of carboxylic acid groups (broad SMARTS) is 1. The van der Waals surface area contributed by atoms with Crippen molar-refractivity contribution in [2.45, 2.75) is 13.3 Å². The van der Waals surface area contributed by atoms with Crippen LogP contribution in [0.25, 0.3) is 0 Å². The minimum Gasteiger partial charge on any atom is -0.480 e. The number of nitrogens with zero attached hydrogens (tertiary/aromatic N) is 2. The molecule has 1 amide bonds. The van der Waals surface area contributed by atoms with Gasteiger partial charge in [0.1, 0.15) is 5.76 Å². The number of carbonyl (C=O) groups is 2. The predicted molar refractivity (Wildman–Crippen MR) is 70.4 cm³/mol. The number of aromatic nitrogens is 1. The maximum absolute atomic E-state index is 11.7. The second-order valence-corrected chi connectivity index (χ2v) is 4.28. The Morgan fingerprint density at radius 1 is 1.50 bits per heavy atom. The topological polar surface area (TPSA) is 105 Å². The first-order chi connectivity index (χ1) is 9.51. The van der Waals surface area contributed by atoms with Crippen LogP contribution in [0.3, 0.4) is 0 Å². The van der Waals surface area contributed by atoms with E-state index in [1.807, 2.05) is 0 Å². The molecule has 20 heavy (non-hydrogen) atoms. The lowest BCUT2D eigenvalue weighted by atomic mass is 10.3. The van der Waals surface area contributed by atoms with E-state index in [1.54, 1.807) is 25.0 Å². The van der Waals surface area contributed by atoms with Gasteiger partial charge in [-0.2, -0.15) is 0 Å². The van der Waals surface area contributed by atoms with Gasteiger partial charge in [-0.1, -0.05) is 5.16 Å². The zero-order valence-electron chi connectivity index (χ0n) is 11.6. The lowest BCUT2D eigenvalue weighted by Gasteiger charge is -2.19. The summed E-state index contributed by atoms with van der Waals surface area (Å²) < 4.78 is 9.73. The van der Waals surface area contributed by atoms with E-state index in [1.165, 1.54) is 0 Å². The van der Waals surface area contributed by atoms with E-state index in [0.29, 0.717) is 31.3 Å². The van der Waals surface area contributed by atoms with Gasteiger partial charge >= 0.3 is 5.97 Å². The van der Waals surface area contributed by atoms with Crippen LogP contribution in [0.1, 0.15) is 12.2 Å². The Hall–Kier alpha value is -1.93. The van der Waals surface area contributed by atoms with E-state index in [-0.39, 0.29) is 18.9 Å². The van der Waals surface area contributed by atoms with E-state index in [0.717, 1.165) is 0 Å². The normalized spacial score (nSPS) is 10.8. The second-order valence-electron chi connectivity index (χ2n) is 4.28. The maximum atomic E-state index is 11.7. The van der Waals surface area contributed by atoms with Crippen molar-refractivity contribution in [3.63, 3.8) is 0 Å². The molecule has 0 aliphatic heterocycles. The largest absolute Gasteiger partial charge is 0.480 e. The number of carboxylic acids is 1. The molecule has 1 rings (SSSR count). The highest BCUT2D eigenvalue weighted by Crippen LogP contribution is 2.07. The summed E-state index contributed by atoms with van der Waals surface area (Å²) >= 11 is 0. The molecule has 1 heterocycles. The summed E-state index contributed by atoms with van der Waals surface area (Å²) in [5.41, 5.74) is 0. The first-order valence-electron chi connectivity index (χ1n) is 6.17. The number of carbonyl (C=O) groups excluding carboxylic acids is 1. The number of aryl methyl sites for hydroxylation is 1. The molecule has 0 spiro atoms. The Morgan fingerprint density at radius 2 is 2.25 bits per heavy atom. The molecule has 0 radical (unpaired) electrons. The van der Waals surface area contributed by atoms with Crippen LogP contribution in [0.2, 0.25) is 0 Å². The van der Waals surface area contributed by atoms with Gasteiger partial charge in [0, 0.05) is 32.7 Å². The molecule has 0 saturated carbocycles. The fraction of sp³-hybridized carbons (Fsp3) is 0.583. The average molecular weight is 285 g/mol. The smallest absolute Gasteiger partial charge is 0.317 e. The molecule has 1 aromatic rings. The molecule has 0 atom stereocenters. The number of aliphatic carboxylic acids is 1. The lowest BCUT2D eigenvalue weighted by Crippen LogP contribution is -2.35. The van der Waals surface area contributed by atoms with E-state index in [2.05, 4.69) is 10.5 Å². The Labute approximate surface area is 116 Å². The molecule has 0 aliphatic rings. The zero-order chi connectivity index (χ0) is 15.0. The summed E-state index contributed by atoms with van der Waals surface area (Å²) in [6.45, 7) is 2.80. The van der Waals surface area contributed by atoms with Gasteiger partial charge < -0.3 is 19.7 Å². The highest BCUT2D eigenvalue weighted by atomic mass is 16.5. The predicted octanol–water partition coefficient (Wildman–Crippen LogP) is 0.345. The van der Waals surface area contributed by atoms with Gasteiger partial charge in [-0.25, -0.2) is 0 Å². The van der Waals surface area contributed by atoms with Gasteiger partial charge in [0.2, 0.25) is 5.91 Å². The van der Waals surface area contributed by atoms with Crippen molar-refractivity contribution in [2.24, 2.45) is 0 Å². The van der Waals surface area contributed by atoms with Crippen LogP contribution in [-0.2, 0) is 14.3 Å². The molecule has 0 unspecified atom stereocenters. The van der Waals surface area contributed by atoms with Crippen LogP contribution >= 0.6 is 0 Å². The SMILES string of the molecule is COCCN(CCC(=O)Nc1cc(C)on1)CC(=O)O. The summed E-state index contributed by atoms with van der Waals surface area (Å²) in [6.07, 6.45) is 0.170. The molecule has 0 bridgehead atoms. The first-order valence-corrected chi connectivity index (χ1v) is 6.17. The number of ether oxygens (including phenoxy) is 1. The summed E-state index contributed by atoms with van der Waals surface area (Å²) in [5, 5.41) is 15.0. The summed E-state index contributed by atoms with van der Waals surface area (Å²) in [4.78, 5) is 24.0. The molecule has 112 valence electrons. The number of rotatable bonds is 9. The Morgan fingerprint density at radius 3 is 2.80 bits per heavy atom. The van der Waals surface area contributed by atoms with Crippen LogP contribution in [0.4, 0.5) is 5.82 Å². The van der Waals surface area contributed by atoms with Gasteiger partial charge in [-0.05, 0) is 6.92 Å². The van der Waals surface area contributed by atoms with Crippen molar-refractivity contribution in [2.75, 3.05) is 38.7 Å². The maximum Gasteiger partial charge on any atom is 0.317 e. The molecule has 2 N–H and O–H groups in total. The van der Waals surface area contributed by atoms with Gasteiger partial charge in [-0.15, -0.1) is 0 Å². The summed E-state index contributed by atoms with van der Waals surface area (Å²) in [7, 11) is 1.54. The number of amides is 1. The Balaban J connectivity index is 2.37. The van der Waals surface area contributed by atoms with Crippen molar-refractivity contribution in [1.82, 2.24) is 10.1 Å². The molecular formula is C12H19N3O5. The molecule has 0 fully saturated rings. The standard InChI is InChI=1S/C12H19N3O5/c1-9-7-10(14-20-9)13-11(16)3-4-15(5-6-19-2)8-12(17)18/h7H,3-6,8H2,1-2H3,(H,17,18)(H,13,14,16). The van der Waals surface area contributed by atoms with E-state index in [4.69, 9.17) is 14.4 Å². The Bertz CT molecular complexity index is 446. The molecule has 0 aliphatic carbocycles. The molecular weight excluding hydrogens is 266 g/mol. The minimum atomic E-state index is -0.936. The van der Waals surface area contributed by atoms with Crippen molar-refractivity contribution >= 4 is 17.7 Å². The third-order valence-electron chi connectivity index (χ3n) is 2.52. The Kier molecular flexibility index (Phi) is 6.68. The average Bonchev–Trinajstić information content (AvgIpc) is 2.77. The number of hydrogen-bond donors (Lipinski definition) is 2. The van der Waals surface area contributed by atoms with Gasteiger partial charge in [0.25, 0.3) is 0 Å². The summed E-state index contributed by atoms with van der Waals surface area (Å²) in [6, 6.07) is 1.61. The number of anilines is 1. The zero-order valence-corrected chi connectivity index (χ0v) is 11.6. The fourth-order valence-corrected chi connectivity index (χ4v) is 1.57. The quantitative estimate of drug-likeness (QED) is 0.674.